The first-order valence-corrected chi connectivity index (χ1v) is 9.37. The van der Waals surface area contributed by atoms with E-state index in [9.17, 15) is 4.79 Å². The van der Waals surface area contributed by atoms with Crippen molar-refractivity contribution >= 4 is 5.91 Å². The molecule has 3 heterocycles. The van der Waals surface area contributed by atoms with Crippen molar-refractivity contribution in [1.82, 2.24) is 15.0 Å². The maximum atomic E-state index is 12.5. The van der Waals surface area contributed by atoms with Crippen molar-refractivity contribution in [2.45, 2.75) is 25.4 Å². The van der Waals surface area contributed by atoms with E-state index in [1.54, 1.807) is 12.0 Å². The van der Waals surface area contributed by atoms with Crippen molar-refractivity contribution in [3.8, 4) is 28.6 Å². The van der Waals surface area contributed by atoms with E-state index in [2.05, 4.69) is 10.1 Å². The summed E-state index contributed by atoms with van der Waals surface area (Å²) in [5.41, 5.74) is 1.76. The van der Waals surface area contributed by atoms with Crippen molar-refractivity contribution in [1.29, 1.82) is 0 Å². The van der Waals surface area contributed by atoms with E-state index in [4.69, 9.17) is 18.7 Å². The molecular weight excluding hydrogens is 374 g/mol. The maximum Gasteiger partial charge on any atom is 0.249 e. The number of carbonyl (C=O) groups is 1. The summed E-state index contributed by atoms with van der Waals surface area (Å²) in [6.07, 6.45) is 1.10. The summed E-state index contributed by atoms with van der Waals surface area (Å²) in [5.74, 6) is 3.08. The Morgan fingerprint density at radius 3 is 2.97 bits per heavy atom. The Bertz CT molecular complexity index is 1060. The minimum absolute atomic E-state index is 0.0700. The van der Waals surface area contributed by atoms with Crippen molar-refractivity contribution in [3.63, 3.8) is 0 Å². The van der Waals surface area contributed by atoms with E-state index in [-0.39, 0.29) is 18.7 Å². The van der Waals surface area contributed by atoms with Gasteiger partial charge in [-0.25, -0.2) is 0 Å². The molecule has 0 radical (unpaired) electrons. The molecule has 3 aromatic rings. The Hall–Kier alpha value is -3.55. The van der Waals surface area contributed by atoms with Crippen LogP contribution in [-0.4, -0.2) is 34.9 Å². The van der Waals surface area contributed by atoms with Crippen molar-refractivity contribution in [2.24, 2.45) is 0 Å². The molecule has 1 atom stereocenters. The average molecular weight is 393 g/mol. The summed E-state index contributed by atoms with van der Waals surface area (Å²) in [5, 5.41) is 4.11. The molecule has 2 aliphatic heterocycles. The number of amides is 1. The van der Waals surface area contributed by atoms with Gasteiger partial charge in [0.15, 0.2) is 11.5 Å². The fourth-order valence-corrected chi connectivity index (χ4v) is 3.68. The van der Waals surface area contributed by atoms with E-state index in [1.165, 1.54) is 0 Å². The number of fused-ring (bicyclic) bond motifs is 1. The summed E-state index contributed by atoms with van der Waals surface area (Å²) in [6.45, 7) is 0.669. The van der Waals surface area contributed by atoms with Crippen molar-refractivity contribution in [2.75, 3.05) is 13.9 Å². The third-order valence-corrected chi connectivity index (χ3v) is 5.17. The normalized spacial score (nSPS) is 17.8. The van der Waals surface area contributed by atoms with Crippen molar-refractivity contribution in [3.05, 3.63) is 53.9 Å². The van der Waals surface area contributed by atoms with Gasteiger partial charge in [0.1, 0.15) is 11.8 Å². The Balaban J connectivity index is 1.39. The largest absolute Gasteiger partial charge is 0.497 e. The number of hydrogen-bond acceptors (Lipinski definition) is 7. The topological polar surface area (TPSA) is 86.9 Å². The number of nitrogens with zero attached hydrogens (tertiary/aromatic N) is 3. The van der Waals surface area contributed by atoms with Crippen LogP contribution < -0.4 is 14.2 Å². The average Bonchev–Trinajstić information content (AvgIpc) is 3.48. The van der Waals surface area contributed by atoms with Crippen LogP contribution in [-0.2, 0) is 11.3 Å². The summed E-state index contributed by atoms with van der Waals surface area (Å²) in [7, 11) is 1.62. The fourth-order valence-electron chi connectivity index (χ4n) is 3.68. The lowest BCUT2D eigenvalue weighted by Crippen LogP contribution is -2.27. The van der Waals surface area contributed by atoms with Crippen LogP contribution >= 0.6 is 0 Å². The second-order valence-corrected chi connectivity index (χ2v) is 6.95. The molecule has 29 heavy (non-hydrogen) atoms. The minimum atomic E-state index is -0.246. The lowest BCUT2D eigenvalue weighted by atomic mass is 10.1. The fraction of sp³-hybridized carbons (Fsp3) is 0.286. The van der Waals surface area contributed by atoms with Crippen LogP contribution in [0.25, 0.3) is 11.4 Å². The number of rotatable bonds is 5. The van der Waals surface area contributed by atoms with Gasteiger partial charge < -0.3 is 23.6 Å². The van der Waals surface area contributed by atoms with Gasteiger partial charge in [-0.3, -0.25) is 4.79 Å². The number of hydrogen-bond donors (Lipinski definition) is 0. The monoisotopic (exact) mass is 393 g/mol. The van der Waals surface area contributed by atoms with Crippen molar-refractivity contribution < 1.29 is 23.5 Å². The molecule has 1 aromatic heterocycles. The zero-order chi connectivity index (χ0) is 19.8. The number of methoxy groups -OCH3 is 1. The highest BCUT2D eigenvalue weighted by Gasteiger charge is 2.36. The Kier molecular flexibility index (Phi) is 4.31. The van der Waals surface area contributed by atoms with Gasteiger partial charge in [0.2, 0.25) is 24.4 Å². The number of benzene rings is 2. The molecule has 0 spiro atoms. The molecule has 0 bridgehead atoms. The van der Waals surface area contributed by atoms with E-state index in [0.29, 0.717) is 42.6 Å². The maximum absolute atomic E-state index is 12.5. The molecule has 8 nitrogen and oxygen atoms in total. The molecule has 5 rings (SSSR count). The van der Waals surface area contributed by atoms with Crippen LogP contribution in [0.3, 0.4) is 0 Å². The smallest absolute Gasteiger partial charge is 0.249 e. The highest BCUT2D eigenvalue weighted by Crippen LogP contribution is 2.37. The molecule has 0 saturated carbocycles. The van der Waals surface area contributed by atoms with E-state index >= 15 is 0 Å². The standard InChI is InChI=1S/C21H19N3O5/c1-26-15-4-2-3-13(9-15)11-24-16(6-8-19(24)25)21-22-20(23-29-21)14-5-7-17-18(10-14)28-12-27-17/h2-5,7,9-10,16H,6,8,11-12H2,1H3. The summed E-state index contributed by atoms with van der Waals surface area (Å²) in [6, 6.07) is 12.9. The van der Waals surface area contributed by atoms with Gasteiger partial charge in [-0.05, 0) is 42.3 Å². The molecule has 8 heteroatoms. The molecule has 1 amide bonds. The predicted molar refractivity (Wildman–Crippen MR) is 101 cm³/mol. The van der Waals surface area contributed by atoms with Gasteiger partial charge in [-0.15, -0.1) is 0 Å². The number of likely N-dealkylation sites (tertiary alicyclic amines) is 1. The predicted octanol–water partition coefficient (Wildman–Crippen LogP) is 3.34. The summed E-state index contributed by atoms with van der Waals surface area (Å²) in [4.78, 5) is 18.8. The van der Waals surface area contributed by atoms with E-state index in [1.807, 2.05) is 42.5 Å². The Morgan fingerprint density at radius 1 is 1.17 bits per heavy atom. The second-order valence-electron chi connectivity index (χ2n) is 6.95. The summed E-state index contributed by atoms with van der Waals surface area (Å²) < 4.78 is 21.6. The molecule has 1 fully saturated rings. The molecule has 2 aliphatic rings. The van der Waals surface area contributed by atoms with Crippen LogP contribution in [0.1, 0.15) is 30.3 Å². The zero-order valence-electron chi connectivity index (χ0n) is 15.8. The first kappa shape index (κ1) is 17.5. The van der Waals surface area contributed by atoms with E-state index in [0.717, 1.165) is 16.9 Å². The third kappa shape index (κ3) is 3.26. The highest BCUT2D eigenvalue weighted by atomic mass is 16.7. The SMILES string of the molecule is COc1cccc(CN2C(=O)CCC2c2nc(-c3ccc4c(c3)OCO4)no2)c1. The van der Waals surface area contributed by atoms with Crippen LogP contribution in [0.4, 0.5) is 0 Å². The van der Waals surface area contributed by atoms with Crippen LogP contribution in [0.2, 0.25) is 0 Å². The number of ether oxygens (including phenoxy) is 3. The van der Waals surface area contributed by atoms with Gasteiger partial charge in [-0.1, -0.05) is 17.3 Å². The third-order valence-electron chi connectivity index (χ3n) is 5.17. The molecule has 0 N–H and O–H groups in total. The summed E-state index contributed by atoms with van der Waals surface area (Å²) >= 11 is 0. The van der Waals surface area contributed by atoms with Gasteiger partial charge >= 0.3 is 0 Å². The molecule has 1 unspecified atom stereocenters. The highest BCUT2D eigenvalue weighted by molar-refractivity contribution is 5.79. The molecule has 1 saturated heterocycles. The molecule has 0 aliphatic carbocycles. The quantitative estimate of drug-likeness (QED) is 0.657. The van der Waals surface area contributed by atoms with Crippen LogP contribution in [0.15, 0.2) is 47.0 Å². The van der Waals surface area contributed by atoms with Gasteiger partial charge in [0.25, 0.3) is 0 Å². The molecule has 2 aromatic carbocycles. The zero-order valence-corrected chi connectivity index (χ0v) is 15.8. The second kappa shape index (κ2) is 7.12. The Morgan fingerprint density at radius 2 is 2.07 bits per heavy atom. The minimum Gasteiger partial charge on any atom is -0.497 e. The first-order valence-electron chi connectivity index (χ1n) is 9.37. The van der Waals surface area contributed by atoms with E-state index < -0.39 is 0 Å². The van der Waals surface area contributed by atoms with Gasteiger partial charge in [0.05, 0.1) is 7.11 Å². The van der Waals surface area contributed by atoms with Crippen LogP contribution in [0, 0.1) is 0 Å². The number of carbonyl (C=O) groups excluding carboxylic acids is 1. The van der Waals surface area contributed by atoms with Gasteiger partial charge in [-0.2, -0.15) is 4.98 Å². The number of aromatic nitrogens is 2. The first-order chi connectivity index (χ1) is 14.2. The molecule has 148 valence electrons. The lowest BCUT2D eigenvalue weighted by Gasteiger charge is -2.22. The van der Waals surface area contributed by atoms with Gasteiger partial charge in [0, 0.05) is 18.5 Å². The lowest BCUT2D eigenvalue weighted by molar-refractivity contribution is -0.130. The van der Waals surface area contributed by atoms with Crippen LogP contribution in [0.5, 0.6) is 17.2 Å². The Labute approximate surface area is 167 Å². The molecular formula is C21H19N3O5.